The third-order valence-corrected chi connectivity index (χ3v) is 5.63. The molecule has 1 saturated heterocycles. The SMILES string of the molecule is O=C(NCc1cccc(CBr)c1)C1CCS(=O)(=O)C1. The van der Waals surface area contributed by atoms with Gasteiger partial charge in [0.1, 0.15) is 0 Å². The van der Waals surface area contributed by atoms with Crippen molar-refractivity contribution in [3.63, 3.8) is 0 Å². The van der Waals surface area contributed by atoms with Crippen molar-refractivity contribution in [2.45, 2.75) is 18.3 Å². The van der Waals surface area contributed by atoms with E-state index in [-0.39, 0.29) is 23.3 Å². The molecule has 0 aliphatic carbocycles. The van der Waals surface area contributed by atoms with Gasteiger partial charge in [-0.2, -0.15) is 0 Å². The number of rotatable bonds is 4. The average Bonchev–Trinajstić information content (AvgIpc) is 2.76. The highest BCUT2D eigenvalue weighted by Crippen LogP contribution is 2.18. The maximum Gasteiger partial charge on any atom is 0.224 e. The summed E-state index contributed by atoms with van der Waals surface area (Å²) in [5, 5.41) is 3.58. The van der Waals surface area contributed by atoms with Crippen LogP contribution in [0.5, 0.6) is 0 Å². The monoisotopic (exact) mass is 345 g/mol. The number of alkyl halides is 1. The molecule has 4 nitrogen and oxygen atoms in total. The van der Waals surface area contributed by atoms with Crippen LogP contribution in [0.1, 0.15) is 17.5 Å². The Morgan fingerprint density at radius 2 is 2.11 bits per heavy atom. The summed E-state index contributed by atoms with van der Waals surface area (Å²) in [6.07, 6.45) is 0.440. The molecule has 1 aromatic carbocycles. The molecule has 0 spiro atoms. The maximum atomic E-state index is 11.9. The van der Waals surface area contributed by atoms with Crippen LogP contribution in [0.25, 0.3) is 0 Å². The molecule has 1 fully saturated rings. The third-order valence-electron chi connectivity index (χ3n) is 3.22. The number of carbonyl (C=O) groups excluding carboxylic acids is 1. The van der Waals surface area contributed by atoms with E-state index in [0.29, 0.717) is 13.0 Å². The number of carbonyl (C=O) groups is 1. The van der Waals surface area contributed by atoms with Gasteiger partial charge in [-0.05, 0) is 17.5 Å². The number of sulfone groups is 1. The summed E-state index contributed by atoms with van der Waals surface area (Å²) in [5.41, 5.74) is 2.17. The quantitative estimate of drug-likeness (QED) is 0.843. The molecule has 0 aromatic heterocycles. The molecule has 1 heterocycles. The zero-order chi connectivity index (χ0) is 13.9. The molecule has 1 aliphatic rings. The van der Waals surface area contributed by atoms with Crippen molar-refractivity contribution < 1.29 is 13.2 Å². The molecule has 0 bridgehead atoms. The van der Waals surface area contributed by atoms with Gasteiger partial charge < -0.3 is 5.32 Å². The number of hydrogen-bond acceptors (Lipinski definition) is 3. The molecular formula is C13H16BrNO3S. The van der Waals surface area contributed by atoms with Crippen LogP contribution in [0.3, 0.4) is 0 Å². The predicted octanol–water partition coefficient (Wildman–Crippen LogP) is 1.63. The van der Waals surface area contributed by atoms with Crippen LogP contribution >= 0.6 is 15.9 Å². The lowest BCUT2D eigenvalue weighted by atomic mass is 10.1. The van der Waals surface area contributed by atoms with Crippen molar-refractivity contribution in [1.29, 1.82) is 0 Å². The van der Waals surface area contributed by atoms with Gasteiger partial charge in [0.2, 0.25) is 5.91 Å². The molecule has 104 valence electrons. The van der Waals surface area contributed by atoms with Crippen molar-refractivity contribution in [1.82, 2.24) is 5.32 Å². The fourth-order valence-corrected chi connectivity index (χ4v) is 4.25. The van der Waals surface area contributed by atoms with E-state index in [1.807, 2.05) is 24.3 Å². The molecule has 1 aromatic rings. The Kier molecular flexibility index (Phi) is 4.62. The van der Waals surface area contributed by atoms with E-state index >= 15 is 0 Å². The number of halogens is 1. The largest absolute Gasteiger partial charge is 0.352 e. The summed E-state index contributed by atoms with van der Waals surface area (Å²) in [5.74, 6) is -0.431. The first-order valence-electron chi connectivity index (χ1n) is 6.12. The highest BCUT2D eigenvalue weighted by atomic mass is 79.9. The lowest BCUT2D eigenvalue weighted by Gasteiger charge is -2.10. The Labute approximate surface area is 121 Å². The Morgan fingerprint density at radius 1 is 1.37 bits per heavy atom. The second-order valence-corrected chi connectivity index (χ2v) is 7.56. The van der Waals surface area contributed by atoms with Crippen LogP contribution in [-0.2, 0) is 26.5 Å². The van der Waals surface area contributed by atoms with Crippen molar-refractivity contribution in [3.8, 4) is 0 Å². The fourth-order valence-electron chi connectivity index (χ4n) is 2.16. The lowest BCUT2D eigenvalue weighted by Crippen LogP contribution is -2.30. The molecule has 1 amide bonds. The van der Waals surface area contributed by atoms with Crippen LogP contribution in [0.2, 0.25) is 0 Å². The molecule has 19 heavy (non-hydrogen) atoms. The number of amides is 1. The van der Waals surface area contributed by atoms with Gasteiger partial charge in [0.05, 0.1) is 17.4 Å². The molecule has 1 aliphatic heterocycles. The first kappa shape index (κ1) is 14.5. The summed E-state index contributed by atoms with van der Waals surface area (Å²) < 4.78 is 22.6. The zero-order valence-corrected chi connectivity index (χ0v) is 12.8. The highest BCUT2D eigenvalue weighted by Gasteiger charge is 2.32. The maximum absolute atomic E-state index is 11.9. The smallest absolute Gasteiger partial charge is 0.224 e. The van der Waals surface area contributed by atoms with E-state index in [0.717, 1.165) is 16.5 Å². The molecule has 0 radical (unpaired) electrons. The minimum Gasteiger partial charge on any atom is -0.352 e. The van der Waals surface area contributed by atoms with E-state index in [4.69, 9.17) is 0 Å². The normalized spacial score (nSPS) is 21.2. The third kappa shape index (κ3) is 4.04. The van der Waals surface area contributed by atoms with Crippen molar-refractivity contribution in [2.75, 3.05) is 11.5 Å². The highest BCUT2D eigenvalue weighted by molar-refractivity contribution is 9.08. The van der Waals surface area contributed by atoms with Crippen LogP contribution < -0.4 is 5.32 Å². The standard InChI is InChI=1S/C13H16BrNO3S/c14-7-10-2-1-3-11(6-10)8-15-13(16)12-4-5-19(17,18)9-12/h1-3,6,12H,4-5,7-9H2,(H,15,16). The molecule has 6 heteroatoms. The topological polar surface area (TPSA) is 63.2 Å². The van der Waals surface area contributed by atoms with Crippen molar-refractivity contribution in [3.05, 3.63) is 35.4 Å². The first-order valence-corrected chi connectivity index (χ1v) is 9.06. The molecule has 2 rings (SSSR count). The Bertz CT molecular complexity index is 571. The van der Waals surface area contributed by atoms with Gasteiger partial charge in [-0.3, -0.25) is 4.79 Å². The van der Waals surface area contributed by atoms with Gasteiger partial charge in [0.25, 0.3) is 0 Å². The van der Waals surface area contributed by atoms with Gasteiger partial charge >= 0.3 is 0 Å². The van der Waals surface area contributed by atoms with E-state index in [9.17, 15) is 13.2 Å². The number of hydrogen-bond donors (Lipinski definition) is 1. The van der Waals surface area contributed by atoms with Gasteiger partial charge in [-0.15, -0.1) is 0 Å². The molecular weight excluding hydrogens is 330 g/mol. The second-order valence-electron chi connectivity index (χ2n) is 4.77. The van der Waals surface area contributed by atoms with E-state index in [2.05, 4.69) is 21.2 Å². The predicted molar refractivity (Wildman–Crippen MR) is 77.7 cm³/mol. The van der Waals surface area contributed by atoms with Gasteiger partial charge in [-0.1, -0.05) is 40.2 Å². The summed E-state index contributed by atoms with van der Waals surface area (Å²) in [7, 11) is -3.00. The first-order chi connectivity index (χ1) is 9.00. The summed E-state index contributed by atoms with van der Waals surface area (Å²) in [6.45, 7) is 0.441. The second kappa shape index (κ2) is 6.05. The minimum atomic E-state index is -3.00. The fraction of sp³-hybridized carbons (Fsp3) is 0.462. The molecule has 0 saturated carbocycles. The van der Waals surface area contributed by atoms with Crippen LogP contribution in [0.15, 0.2) is 24.3 Å². The van der Waals surface area contributed by atoms with Gasteiger partial charge in [0, 0.05) is 11.9 Å². The summed E-state index contributed by atoms with van der Waals surface area (Å²) >= 11 is 3.38. The number of nitrogens with one attached hydrogen (secondary N) is 1. The minimum absolute atomic E-state index is 0.0136. The molecule has 1 unspecified atom stereocenters. The Balaban J connectivity index is 1.90. The van der Waals surface area contributed by atoms with Crippen molar-refractivity contribution in [2.24, 2.45) is 5.92 Å². The van der Waals surface area contributed by atoms with Gasteiger partial charge in [-0.25, -0.2) is 8.42 Å². The molecule has 1 N–H and O–H groups in total. The van der Waals surface area contributed by atoms with E-state index in [1.165, 1.54) is 0 Å². The van der Waals surface area contributed by atoms with E-state index in [1.54, 1.807) is 0 Å². The lowest BCUT2D eigenvalue weighted by molar-refractivity contribution is -0.124. The Hall–Kier alpha value is -0.880. The molecule has 1 atom stereocenters. The van der Waals surface area contributed by atoms with Crippen molar-refractivity contribution >= 4 is 31.7 Å². The van der Waals surface area contributed by atoms with Crippen LogP contribution in [0, 0.1) is 5.92 Å². The van der Waals surface area contributed by atoms with E-state index < -0.39 is 9.84 Å². The van der Waals surface area contributed by atoms with Gasteiger partial charge in [0.15, 0.2) is 9.84 Å². The zero-order valence-electron chi connectivity index (χ0n) is 10.4. The average molecular weight is 346 g/mol. The van der Waals surface area contributed by atoms with Crippen LogP contribution in [0.4, 0.5) is 0 Å². The Morgan fingerprint density at radius 3 is 2.74 bits per heavy atom. The number of benzene rings is 1. The summed E-state index contributed by atoms with van der Waals surface area (Å²) in [4.78, 5) is 11.9. The van der Waals surface area contributed by atoms with Crippen LogP contribution in [-0.4, -0.2) is 25.8 Å². The summed E-state index contributed by atoms with van der Waals surface area (Å²) in [6, 6.07) is 7.90.